The zero-order chi connectivity index (χ0) is 12.1. The first kappa shape index (κ1) is 12.6. The van der Waals surface area contributed by atoms with E-state index in [1.54, 1.807) is 0 Å². The van der Waals surface area contributed by atoms with E-state index in [0.717, 1.165) is 26.1 Å². The van der Waals surface area contributed by atoms with Crippen LogP contribution in [0.3, 0.4) is 0 Å². The summed E-state index contributed by atoms with van der Waals surface area (Å²) in [6.07, 6.45) is 3.16. The third kappa shape index (κ3) is 3.55. The van der Waals surface area contributed by atoms with Crippen LogP contribution in [0.15, 0.2) is 30.3 Å². The van der Waals surface area contributed by atoms with E-state index in [1.165, 1.54) is 18.4 Å². The number of nitrogens with zero attached hydrogens (tertiary/aromatic N) is 1. The Kier molecular flexibility index (Phi) is 4.57. The number of aliphatic hydroxyl groups excluding tert-OH is 1. The molecule has 2 nitrogen and oxygen atoms in total. The Morgan fingerprint density at radius 3 is 2.47 bits per heavy atom. The predicted molar refractivity (Wildman–Crippen MR) is 71.2 cm³/mol. The standard InChI is InChI=1S/C15H23NO/c1-2-15(17)12-16-10-8-14(9-11-16)13-6-4-3-5-7-13/h3-7,14-15,17H,2,8-12H2,1H3/t15-/m1/s1. The number of benzene rings is 1. The fourth-order valence-corrected chi connectivity index (χ4v) is 2.60. The minimum absolute atomic E-state index is 0.150. The molecule has 1 aliphatic rings. The van der Waals surface area contributed by atoms with Gasteiger partial charge in [-0.05, 0) is 43.8 Å². The summed E-state index contributed by atoms with van der Waals surface area (Å²) in [5, 5.41) is 9.65. The Balaban J connectivity index is 1.82. The van der Waals surface area contributed by atoms with Crippen LogP contribution in [-0.2, 0) is 0 Å². The molecule has 2 rings (SSSR count). The van der Waals surface area contributed by atoms with E-state index in [9.17, 15) is 5.11 Å². The van der Waals surface area contributed by atoms with Gasteiger partial charge in [0.05, 0.1) is 6.10 Å². The highest BCUT2D eigenvalue weighted by Gasteiger charge is 2.21. The van der Waals surface area contributed by atoms with Crippen LogP contribution in [0.4, 0.5) is 0 Å². The third-order valence-electron chi connectivity index (χ3n) is 3.80. The Morgan fingerprint density at radius 2 is 1.88 bits per heavy atom. The summed E-state index contributed by atoms with van der Waals surface area (Å²) in [7, 11) is 0. The highest BCUT2D eigenvalue weighted by Crippen LogP contribution is 2.27. The van der Waals surface area contributed by atoms with Crippen molar-refractivity contribution < 1.29 is 5.11 Å². The first-order chi connectivity index (χ1) is 8.29. The quantitative estimate of drug-likeness (QED) is 0.864. The van der Waals surface area contributed by atoms with Gasteiger partial charge in [0, 0.05) is 6.54 Å². The van der Waals surface area contributed by atoms with Crippen molar-refractivity contribution in [1.29, 1.82) is 0 Å². The maximum absolute atomic E-state index is 9.65. The lowest BCUT2D eigenvalue weighted by Gasteiger charge is -2.33. The van der Waals surface area contributed by atoms with Crippen molar-refractivity contribution in [1.82, 2.24) is 4.90 Å². The van der Waals surface area contributed by atoms with Crippen molar-refractivity contribution in [3.8, 4) is 0 Å². The molecule has 1 N–H and O–H groups in total. The van der Waals surface area contributed by atoms with Crippen LogP contribution in [0.2, 0.25) is 0 Å². The molecule has 1 aromatic carbocycles. The lowest BCUT2D eigenvalue weighted by Crippen LogP contribution is -2.38. The first-order valence-corrected chi connectivity index (χ1v) is 6.75. The van der Waals surface area contributed by atoms with Crippen LogP contribution < -0.4 is 0 Å². The van der Waals surface area contributed by atoms with Crippen molar-refractivity contribution in [2.24, 2.45) is 0 Å². The van der Waals surface area contributed by atoms with E-state index >= 15 is 0 Å². The van der Waals surface area contributed by atoms with E-state index < -0.39 is 0 Å². The van der Waals surface area contributed by atoms with Crippen LogP contribution in [0, 0.1) is 0 Å². The summed E-state index contributed by atoms with van der Waals surface area (Å²) in [6, 6.07) is 10.8. The average molecular weight is 233 g/mol. The summed E-state index contributed by atoms with van der Waals surface area (Å²) >= 11 is 0. The molecule has 94 valence electrons. The van der Waals surface area contributed by atoms with Gasteiger partial charge in [-0.2, -0.15) is 0 Å². The van der Waals surface area contributed by atoms with Gasteiger partial charge in [-0.3, -0.25) is 0 Å². The van der Waals surface area contributed by atoms with Gasteiger partial charge in [-0.1, -0.05) is 37.3 Å². The molecule has 0 aromatic heterocycles. The number of likely N-dealkylation sites (tertiary alicyclic amines) is 1. The zero-order valence-corrected chi connectivity index (χ0v) is 10.7. The minimum Gasteiger partial charge on any atom is -0.392 e. The second kappa shape index (κ2) is 6.18. The lowest BCUT2D eigenvalue weighted by molar-refractivity contribution is 0.0944. The molecule has 1 aromatic rings. The van der Waals surface area contributed by atoms with Gasteiger partial charge in [-0.25, -0.2) is 0 Å². The molecule has 0 saturated carbocycles. The number of β-amino-alcohol motifs (C(OH)–C–C–N with tert-alkyl or cyclic N) is 1. The third-order valence-corrected chi connectivity index (χ3v) is 3.80. The zero-order valence-electron chi connectivity index (χ0n) is 10.7. The second-order valence-electron chi connectivity index (χ2n) is 5.05. The van der Waals surface area contributed by atoms with Crippen LogP contribution in [0.5, 0.6) is 0 Å². The molecule has 0 spiro atoms. The van der Waals surface area contributed by atoms with Crippen molar-refractivity contribution in [2.75, 3.05) is 19.6 Å². The van der Waals surface area contributed by atoms with E-state index in [2.05, 4.69) is 35.2 Å². The van der Waals surface area contributed by atoms with Crippen molar-refractivity contribution in [2.45, 2.75) is 38.2 Å². The van der Waals surface area contributed by atoms with Gasteiger partial charge in [0.1, 0.15) is 0 Å². The summed E-state index contributed by atoms with van der Waals surface area (Å²) in [5.74, 6) is 0.714. The van der Waals surface area contributed by atoms with Crippen LogP contribution in [0.1, 0.15) is 37.7 Å². The van der Waals surface area contributed by atoms with Crippen molar-refractivity contribution >= 4 is 0 Å². The SMILES string of the molecule is CC[C@@H](O)CN1CCC(c2ccccc2)CC1. The van der Waals surface area contributed by atoms with E-state index in [4.69, 9.17) is 0 Å². The van der Waals surface area contributed by atoms with Gasteiger partial charge in [0.2, 0.25) is 0 Å². The summed E-state index contributed by atoms with van der Waals surface area (Å²) in [4.78, 5) is 2.40. The molecule has 0 unspecified atom stereocenters. The molecule has 17 heavy (non-hydrogen) atoms. The summed E-state index contributed by atoms with van der Waals surface area (Å²) in [6.45, 7) is 5.13. The molecule has 2 heteroatoms. The molecule has 1 fully saturated rings. The highest BCUT2D eigenvalue weighted by atomic mass is 16.3. The van der Waals surface area contributed by atoms with Crippen molar-refractivity contribution in [3.63, 3.8) is 0 Å². The maximum Gasteiger partial charge on any atom is 0.0664 e. The average Bonchev–Trinajstić information content (AvgIpc) is 2.40. The number of piperidine rings is 1. The largest absolute Gasteiger partial charge is 0.392 e. The Bertz CT molecular complexity index is 317. The maximum atomic E-state index is 9.65. The minimum atomic E-state index is -0.150. The van der Waals surface area contributed by atoms with E-state index in [0.29, 0.717) is 5.92 Å². The number of hydrogen-bond donors (Lipinski definition) is 1. The highest BCUT2D eigenvalue weighted by molar-refractivity contribution is 5.19. The lowest BCUT2D eigenvalue weighted by atomic mass is 9.89. The van der Waals surface area contributed by atoms with Gasteiger partial charge in [0.25, 0.3) is 0 Å². The molecular weight excluding hydrogens is 210 g/mol. The molecule has 0 radical (unpaired) electrons. The Hall–Kier alpha value is -0.860. The van der Waals surface area contributed by atoms with E-state index in [1.807, 2.05) is 6.92 Å². The van der Waals surface area contributed by atoms with Gasteiger partial charge in [0.15, 0.2) is 0 Å². The summed E-state index contributed by atoms with van der Waals surface area (Å²) in [5.41, 5.74) is 1.48. The topological polar surface area (TPSA) is 23.5 Å². The van der Waals surface area contributed by atoms with Crippen LogP contribution in [-0.4, -0.2) is 35.7 Å². The molecule has 1 aliphatic heterocycles. The molecule has 0 amide bonds. The smallest absolute Gasteiger partial charge is 0.0664 e. The Labute approximate surface area is 104 Å². The number of rotatable bonds is 4. The molecule has 1 saturated heterocycles. The molecule has 0 aliphatic carbocycles. The number of aliphatic hydroxyl groups is 1. The first-order valence-electron chi connectivity index (χ1n) is 6.75. The van der Waals surface area contributed by atoms with Crippen LogP contribution >= 0.6 is 0 Å². The predicted octanol–water partition coefficient (Wildman–Crippen LogP) is 2.64. The van der Waals surface area contributed by atoms with Crippen LogP contribution in [0.25, 0.3) is 0 Å². The fourth-order valence-electron chi connectivity index (χ4n) is 2.60. The summed E-state index contributed by atoms with van der Waals surface area (Å²) < 4.78 is 0. The molecule has 1 heterocycles. The fraction of sp³-hybridized carbons (Fsp3) is 0.600. The van der Waals surface area contributed by atoms with E-state index in [-0.39, 0.29) is 6.10 Å². The normalized spacial score (nSPS) is 20.4. The molecule has 1 atom stereocenters. The van der Waals surface area contributed by atoms with Crippen molar-refractivity contribution in [3.05, 3.63) is 35.9 Å². The monoisotopic (exact) mass is 233 g/mol. The number of hydrogen-bond acceptors (Lipinski definition) is 2. The van der Waals surface area contributed by atoms with Gasteiger partial charge >= 0.3 is 0 Å². The van der Waals surface area contributed by atoms with Gasteiger partial charge < -0.3 is 10.0 Å². The molecule has 0 bridgehead atoms. The molecular formula is C15H23NO. The second-order valence-corrected chi connectivity index (χ2v) is 5.05. The van der Waals surface area contributed by atoms with Gasteiger partial charge in [-0.15, -0.1) is 0 Å². The Morgan fingerprint density at radius 1 is 1.24 bits per heavy atom.